The highest BCUT2D eigenvalue weighted by molar-refractivity contribution is 8.01. The van der Waals surface area contributed by atoms with Crippen molar-refractivity contribution in [1.29, 1.82) is 0 Å². The largest absolute Gasteiger partial charge is 0.454 e. The Labute approximate surface area is 202 Å². The van der Waals surface area contributed by atoms with Crippen molar-refractivity contribution in [3.63, 3.8) is 0 Å². The lowest BCUT2D eigenvalue weighted by Gasteiger charge is -2.05. The van der Waals surface area contributed by atoms with E-state index in [0.717, 1.165) is 11.1 Å². The maximum absolute atomic E-state index is 12.2. The summed E-state index contributed by atoms with van der Waals surface area (Å²) in [5.74, 6) is 2.40. The van der Waals surface area contributed by atoms with Crippen molar-refractivity contribution in [1.82, 2.24) is 15.5 Å². The van der Waals surface area contributed by atoms with Crippen molar-refractivity contribution < 1.29 is 28.5 Å². The molecule has 0 aliphatic carbocycles. The van der Waals surface area contributed by atoms with Crippen molar-refractivity contribution in [3.8, 4) is 23.0 Å². The zero-order valence-corrected chi connectivity index (χ0v) is 19.2. The number of hydrogen-bond donors (Lipinski definition) is 2. The van der Waals surface area contributed by atoms with Gasteiger partial charge >= 0.3 is 0 Å². The van der Waals surface area contributed by atoms with Crippen LogP contribution in [0, 0.1) is 0 Å². The quantitative estimate of drug-likeness (QED) is 0.274. The molecule has 174 valence electrons. The number of nitrogens with zero attached hydrogens (tertiary/aromatic N) is 2. The van der Waals surface area contributed by atoms with Crippen LogP contribution in [0.4, 0.5) is 5.13 Å². The third-order valence-corrected chi connectivity index (χ3v) is 6.69. The number of anilines is 1. The van der Waals surface area contributed by atoms with Crippen LogP contribution in [-0.4, -0.2) is 41.4 Å². The van der Waals surface area contributed by atoms with E-state index in [0.29, 0.717) is 39.0 Å². The van der Waals surface area contributed by atoms with Gasteiger partial charge in [-0.2, -0.15) is 0 Å². The highest BCUT2D eigenvalue weighted by Crippen LogP contribution is 2.33. The van der Waals surface area contributed by atoms with Gasteiger partial charge < -0.3 is 24.3 Å². The molecular weight excluding hydrogens is 480 g/mol. The van der Waals surface area contributed by atoms with Gasteiger partial charge in [-0.3, -0.25) is 14.9 Å². The number of thioether (sulfide) groups is 1. The minimum atomic E-state index is -0.341. The van der Waals surface area contributed by atoms with Crippen molar-refractivity contribution in [2.24, 2.45) is 0 Å². The first kappa shape index (κ1) is 22.0. The first-order valence-corrected chi connectivity index (χ1v) is 11.9. The molecule has 2 aliphatic rings. The van der Waals surface area contributed by atoms with Gasteiger partial charge in [-0.05, 0) is 41.5 Å². The lowest BCUT2D eigenvalue weighted by atomic mass is 10.2. The standard InChI is InChI=1S/C22H18N4O6S2/c27-19(6-3-13-1-4-15-17(7-13)31-11-29-15)24-21-25-26-22(34-21)33-10-20(28)23-9-14-2-5-16-18(8-14)32-12-30-16/h1-8H,9-12H2,(H,23,28)(H,24,25,27)/b6-3+. The number of hydrogen-bond acceptors (Lipinski definition) is 10. The van der Waals surface area contributed by atoms with Gasteiger partial charge in [-0.15, -0.1) is 10.2 Å². The minimum Gasteiger partial charge on any atom is -0.454 e. The van der Waals surface area contributed by atoms with Crippen LogP contribution in [0.3, 0.4) is 0 Å². The highest BCUT2D eigenvalue weighted by Gasteiger charge is 2.15. The van der Waals surface area contributed by atoms with E-state index in [1.54, 1.807) is 18.2 Å². The molecule has 0 spiro atoms. The lowest BCUT2D eigenvalue weighted by Crippen LogP contribution is -2.24. The van der Waals surface area contributed by atoms with Gasteiger partial charge in [0.25, 0.3) is 0 Å². The average molecular weight is 499 g/mol. The second-order valence-electron chi connectivity index (χ2n) is 7.06. The number of rotatable bonds is 8. The summed E-state index contributed by atoms with van der Waals surface area (Å²) in [5.41, 5.74) is 1.72. The summed E-state index contributed by atoms with van der Waals surface area (Å²) in [6.45, 7) is 0.785. The van der Waals surface area contributed by atoms with Gasteiger partial charge in [0.15, 0.2) is 27.3 Å². The summed E-state index contributed by atoms with van der Waals surface area (Å²) < 4.78 is 21.8. The van der Waals surface area contributed by atoms with E-state index >= 15 is 0 Å². The van der Waals surface area contributed by atoms with Gasteiger partial charge in [0.1, 0.15) is 0 Å². The molecule has 2 N–H and O–H groups in total. The van der Waals surface area contributed by atoms with Crippen LogP contribution >= 0.6 is 23.1 Å². The molecule has 0 atom stereocenters. The fourth-order valence-corrected chi connectivity index (χ4v) is 4.67. The molecule has 0 saturated heterocycles. The lowest BCUT2D eigenvalue weighted by molar-refractivity contribution is -0.118. The van der Waals surface area contributed by atoms with Gasteiger partial charge in [0.2, 0.25) is 30.5 Å². The number of carbonyl (C=O) groups excluding carboxylic acids is 2. The van der Waals surface area contributed by atoms with Gasteiger partial charge in [0.05, 0.1) is 5.75 Å². The fraction of sp³-hybridized carbons (Fsp3) is 0.182. The molecule has 0 saturated carbocycles. The van der Waals surface area contributed by atoms with E-state index in [1.165, 1.54) is 29.2 Å². The second-order valence-corrected chi connectivity index (χ2v) is 9.26. The Hall–Kier alpha value is -3.77. The second kappa shape index (κ2) is 10.0. The topological polar surface area (TPSA) is 121 Å². The first-order valence-electron chi connectivity index (χ1n) is 10.1. The minimum absolute atomic E-state index is 0.143. The Kier molecular flexibility index (Phi) is 6.49. The number of aromatic nitrogens is 2. The molecule has 34 heavy (non-hydrogen) atoms. The van der Waals surface area contributed by atoms with Crippen molar-refractivity contribution in [2.45, 2.75) is 10.9 Å². The van der Waals surface area contributed by atoms with Crippen LogP contribution < -0.4 is 29.6 Å². The molecule has 2 aliphatic heterocycles. The Morgan fingerprint density at radius 2 is 1.71 bits per heavy atom. The highest BCUT2D eigenvalue weighted by atomic mass is 32.2. The predicted octanol–water partition coefficient (Wildman–Crippen LogP) is 3.06. The number of nitrogens with one attached hydrogen (secondary N) is 2. The SMILES string of the molecule is O=C(/C=C/c1ccc2c(c1)OCO2)Nc1nnc(SCC(=O)NCc2ccc3c(c2)OCO3)s1. The molecule has 0 radical (unpaired) electrons. The first-order chi connectivity index (χ1) is 16.6. The molecule has 1 aromatic heterocycles. The molecule has 2 amide bonds. The normalized spacial score (nSPS) is 13.3. The average Bonchev–Trinajstić information content (AvgIpc) is 3.60. The molecule has 2 aromatic carbocycles. The van der Waals surface area contributed by atoms with E-state index < -0.39 is 0 Å². The van der Waals surface area contributed by atoms with E-state index in [9.17, 15) is 9.59 Å². The molecule has 3 heterocycles. The van der Waals surface area contributed by atoms with Crippen LogP contribution in [0.15, 0.2) is 46.8 Å². The van der Waals surface area contributed by atoms with E-state index in [-0.39, 0.29) is 31.2 Å². The number of carbonyl (C=O) groups is 2. The van der Waals surface area contributed by atoms with Crippen LogP contribution in [-0.2, 0) is 16.1 Å². The molecule has 5 rings (SSSR count). The monoisotopic (exact) mass is 498 g/mol. The van der Waals surface area contributed by atoms with E-state index in [4.69, 9.17) is 18.9 Å². The Balaban J connectivity index is 1.06. The number of benzene rings is 2. The summed E-state index contributed by atoms with van der Waals surface area (Å²) in [6.07, 6.45) is 3.06. The van der Waals surface area contributed by atoms with Gasteiger partial charge in [-0.1, -0.05) is 35.2 Å². The number of amides is 2. The summed E-state index contributed by atoms with van der Waals surface area (Å²) in [5, 5.41) is 13.8. The zero-order chi connectivity index (χ0) is 23.3. The van der Waals surface area contributed by atoms with Crippen LogP contribution in [0.1, 0.15) is 11.1 Å². The Morgan fingerprint density at radius 1 is 0.971 bits per heavy atom. The molecular formula is C22H18N4O6S2. The molecule has 0 bridgehead atoms. The van der Waals surface area contributed by atoms with Crippen LogP contribution in [0.2, 0.25) is 0 Å². The number of fused-ring (bicyclic) bond motifs is 2. The number of ether oxygens (including phenoxy) is 4. The molecule has 0 fully saturated rings. The van der Waals surface area contributed by atoms with E-state index in [1.807, 2.05) is 24.3 Å². The molecule has 0 unspecified atom stereocenters. The fourth-order valence-electron chi connectivity index (χ4n) is 3.08. The summed E-state index contributed by atoms with van der Waals surface area (Å²) in [6, 6.07) is 11.0. The van der Waals surface area contributed by atoms with E-state index in [2.05, 4.69) is 20.8 Å². The van der Waals surface area contributed by atoms with Gasteiger partial charge in [0, 0.05) is 12.6 Å². The third-order valence-electron chi connectivity index (χ3n) is 4.71. The van der Waals surface area contributed by atoms with Gasteiger partial charge in [-0.25, -0.2) is 0 Å². The summed E-state index contributed by atoms with van der Waals surface area (Å²) >= 11 is 2.44. The maximum Gasteiger partial charge on any atom is 0.250 e. The van der Waals surface area contributed by atoms with Crippen LogP contribution in [0.25, 0.3) is 6.08 Å². The summed E-state index contributed by atoms with van der Waals surface area (Å²) in [4.78, 5) is 24.4. The smallest absolute Gasteiger partial charge is 0.250 e. The van der Waals surface area contributed by atoms with Crippen molar-refractivity contribution in [2.75, 3.05) is 24.7 Å². The Bertz CT molecular complexity index is 1260. The maximum atomic E-state index is 12.2. The molecule has 10 nitrogen and oxygen atoms in total. The molecule has 12 heteroatoms. The van der Waals surface area contributed by atoms with Crippen LogP contribution in [0.5, 0.6) is 23.0 Å². The third kappa shape index (κ3) is 5.41. The predicted molar refractivity (Wildman–Crippen MR) is 125 cm³/mol. The van der Waals surface area contributed by atoms with Crippen molar-refractivity contribution >= 4 is 46.1 Å². The van der Waals surface area contributed by atoms with Crippen molar-refractivity contribution in [3.05, 3.63) is 53.6 Å². The zero-order valence-electron chi connectivity index (χ0n) is 17.6. The summed E-state index contributed by atoms with van der Waals surface area (Å²) in [7, 11) is 0. The molecule has 3 aromatic rings. The Morgan fingerprint density at radius 3 is 2.53 bits per heavy atom.